The molecule has 35 heavy (non-hydrogen) atoms. The zero-order chi connectivity index (χ0) is 24.6. The second kappa shape index (κ2) is 12.0. The maximum absolute atomic E-state index is 5.55. The molecule has 2 aromatic heterocycles. The first-order valence-electron chi connectivity index (χ1n) is 12.8. The number of nitrogens with one attached hydrogen (secondary N) is 1. The van der Waals surface area contributed by atoms with Crippen LogP contribution in [0.1, 0.15) is 44.2 Å². The van der Waals surface area contributed by atoms with E-state index in [2.05, 4.69) is 84.2 Å². The third-order valence-electron chi connectivity index (χ3n) is 6.32. The second-order valence-electron chi connectivity index (χ2n) is 9.38. The number of pyridine rings is 1. The molecule has 1 N–H and O–H groups in total. The Hall–Kier alpha value is -3.19. The number of aryl methyl sites for hydroxylation is 1. The summed E-state index contributed by atoms with van der Waals surface area (Å²) in [4.78, 5) is 19.0. The highest BCUT2D eigenvalue weighted by Gasteiger charge is 2.17. The van der Waals surface area contributed by atoms with Crippen molar-refractivity contribution >= 4 is 17.6 Å². The quantitative estimate of drug-likeness (QED) is 0.437. The van der Waals surface area contributed by atoms with E-state index in [1.54, 1.807) is 0 Å². The van der Waals surface area contributed by atoms with Crippen molar-refractivity contribution in [1.82, 2.24) is 15.0 Å². The van der Waals surface area contributed by atoms with Crippen molar-refractivity contribution in [2.75, 3.05) is 61.1 Å². The molecule has 0 aliphatic carbocycles. The maximum atomic E-state index is 5.55. The number of aromatic nitrogens is 3. The molecular weight excluding hydrogens is 436 g/mol. The number of benzene rings is 1. The van der Waals surface area contributed by atoms with Crippen molar-refractivity contribution in [3.63, 3.8) is 0 Å². The minimum Gasteiger partial charge on any atom is -0.378 e. The largest absolute Gasteiger partial charge is 0.378 e. The van der Waals surface area contributed by atoms with Crippen LogP contribution in [0.4, 0.5) is 17.6 Å². The van der Waals surface area contributed by atoms with Crippen LogP contribution in [0.3, 0.4) is 0 Å². The third-order valence-corrected chi connectivity index (χ3v) is 6.32. The van der Waals surface area contributed by atoms with Crippen LogP contribution in [0.2, 0.25) is 0 Å². The zero-order valence-corrected chi connectivity index (χ0v) is 21.5. The Morgan fingerprint density at radius 2 is 1.89 bits per heavy atom. The zero-order valence-electron chi connectivity index (χ0n) is 21.5. The average molecular weight is 475 g/mol. The Morgan fingerprint density at radius 3 is 2.63 bits per heavy atom. The third kappa shape index (κ3) is 6.48. The molecule has 7 heteroatoms. The van der Waals surface area contributed by atoms with Gasteiger partial charge in [0, 0.05) is 50.6 Å². The van der Waals surface area contributed by atoms with Gasteiger partial charge in [-0.05, 0) is 42.5 Å². The number of ether oxygens (including phenoxy) is 1. The van der Waals surface area contributed by atoms with E-state index in [9.17, 15) is 0 Å². The molecule has 7 nitrogen and oxygen atoms in total. The van der Waals surface area contributed by atoms with Crippen LogP contribution in [0, 0.1) is 6.92 Å². The highest BCUT2D eigenvalue weighted by atomic mass is 16.5. The molecule has 1 aliphatic heterocycles. The fourth-order valence-electron chi connectivity index (χ4n) is 4.36. The number of hydrogen-bond acceptors (Lipinski definition) is 7. The van der Waals surface area contributed by atoms with Crippen LogP contribution in [0.5, 0.6) is 0 Å². The van der Waals surface area contributed by atoms with Crippen LogP contribution >= 0.6 is 0 Å². The Bertz CT molecular complexity index is 1100. The van der Waals surface area contributed by atoms with Crippen LogP contribution in [-0.4, -0.2) is 60.9 Å². The molecule has 0 radical (unpaired) electrons. The topological polar surface area (TPSA) is 66.4 Å². The van der Waals surface area contributed by atoms with Gasteiger partial charge in [-0.3, -0.25) is 0 Å². The fourth-order valence-corrected chi connectivity index (χ4v) is 4.36. The lowest BCUT2D eigenvalue weighted by Crippen LogP contribution is -2.37. The van der Waals surface area contributed by atoms with Gasteiger partial charge >= 0.3 is 0 Å². The summed E-state index contributed by atoms with van der Waals surface area (Å²) < 4.78 is 5.55. The molecule has 0 atom stereocenters. The van der Waals surface area contributed by atoms with E-state index in [-0.39, 0.29) is 0 Å². The lowest BCUT2D eigenvalue weighted by atomic mass is 9.99. The summed E-state index contributed by atoms with van der Waals surface area (Å²) in [6, 6.07) is 14.9. The molecule has 0 bridgehead atoms. The number of rotatable bonds is 10. The van der Waals surface area contributed by atoms with E-state index < -0.39 is 0 Å². The van der Waals surface area contributed by atoms with Crippen LogP contribution < -0.4 is 15.1 Å². The van der Waals surface area contributed by atoms with Crippen molar-refractivity contribution in [2.24, 2.45) is 0 Å². The fraction of sp³-hybridized carbons (Fsp3) is 0.464. The van der Waals surface area contributed by atoms with Crippen molar-refractivity contribution in [3.05, 3.63) is 59.8 Å². The number of anilines is 3. The van der Waals surface area contributed by atoms with E-state index in [1.165, 1.54) is 11.1 Å². The standard InChI is InChI=1S/C28H38N6O/c1-5-13-33(27-22(4)8-7-11-30-27)14-12-29-26-20-25(24-10-6-9-23(19-24)21(2)3)31-28(32-26)34-15-17-35-18-16-34/h6-11,19-21H,5,12-18H2,1-4H3,(H,29,31,32). The van der Waals surface area contributed by atoms with Crippen molar-refractivity contribution < 1.29 is 4.74 Å². The van der Waals surface area contributed by atoms with Crippen molar-refractivity contribution in [3.8, 4) is 11.3 Å². The van der Waals surface area contributed by atoms with Crippen molar-refractivity contribution in [2.45, 2.75) is 40.0 Å². The molecule has 0 amide bonds. The minimum atomic E-state index is 0.465. The Morgan fingerprint density at radius 1 is 1.06 bits per heavy atom. The monoisotopic (exact) mass is 474 g/mol. The first-order valence-corrected chi connectivity index (χ1v) is 12.8. The molecule has 1 aromatic carbocycles. The smallest absolute Gasteiger partial charge is 0.228 e. The molecule has 3 aromatic rings. The van der Waals surface area contributed by atoms with Gasteiger partial charge in [0.25, 0.3) is 0 Å². The first kappa shape index (κ1) is 24.9. The molecule has 1 saturated heterocycles. The predicted molar refractivity (Wildman–Crippen MR) is 145 cm³/mol. The summed E-state index contributed by atoms with van der Waals surface area (Å²) in [6.07, 6.45) is 2.94. The van der Waals surface area contributed by atoms with Crippen LogP contribution in [0.15, 0.2) is 48.7 Å². The number of hydrogen-bond donors (Lipinski definition) is 1. The lowest BCUT2D eigenvalue weighted by Gasteiger charge is -2.28. The summed E-state index contributed by atoms with van der Waals surface area (Å²) >= 11 is 0. The highest BCUT2D eigenvalue weighted by molar-refractivity contribution is 5.65. The molecule has 4 rings (SSSR count). The van der Waals surface area contributed by atoms with E-state index in [4.69, 9.17) is 14.7 Å². The van der Waals surface area contributed by atoms with E-state index in [0.29, 0.717) is 19.1 Å². The van der Waals surface area contributed by atoms with Gasteiger partial charge in [0.1, 0.15) is 11.6 Å². The van der Waals surface area contributed by atoms with Gasteiger partial charge in [-0.15, -0.1) is 0 Å². The van der Waals surface area contributed by atoms with Gasteiger partial charge in [0.05, 0.1) is 18.9 Å². The Labute approximate surface area is 209 Å². The average Bonchev–Trinajstić information content (AvgIpc) is 2.89. The van der Waals surface area contributed by atoms with Gasteiger partial charge in [-0.2, -0.15) is 4.98 Å². The minimum absolute atomic E-state index is 0.465. The van der Waals surface area contributed by atoms with Crippen molar-refractivity contribution in [1.29, 1.82) is 0 Å². The predicted octanol–water partition coefficient (Wildman–Crippen LogP) is 5.14. The number of morpholine rings is 1. The normalized spacial score (nSPS) is 13.8. The van der Waals surface area contributed by atoms with Gasteiger partial charge < -0.3 is 19.9 Å². The molecule has 1 aliphatic rings. The van der Waals surface area contributed by atoms with E-state index in [1.807, 2.05) is 12.3 Å². The van der Waals surface area contributed by atoms with Gasteiger partial charge in [0.2, 0.25) is 5.95 Å². The summed E-state index contributed by atoms with van der Waals surface area (Å²) in [7, 11) is 0. The van der Waals surface area contributed by atoms with Gasteiger partial charge in [-0.1, -0.05) is 45.0 Å². The molecule has 0 unspecified atom stereocenters. The SMILES string of the molecule is CCCN(CCNc1cc(-c2cccc(C(C)C)c2)nc(N2CCOCC2)n1)c1ncccc1C. The Balaban J connectivity index is 1.56. The summed E-state index contributed by atoms with van der Waals surface area (Å²) in [5.74, 6) is 3.13. The molecule has 0 saturated carbocycles. The first-order chi connectivity index (χ1) is 17.0. The summed E-state index contributed by atoms with van der Waals surface area (Å²) in [5, 5.41) is 3.57. The second-order valence-corrected chi connectivity index (χ2v) is 9.38. The highest BCUT2D eigenvalue weighted by Crippen LogP contribution is 2.26. The molecule has 1 fully saturated rings. The molecule has 186 valence electrons. The summed E-state index contributed by atoms with van der Waals surface area (Å²) in [6.45, 7) is 14.4. The summed E-state index contributed by atoms with van der Waals surface area (Å²) in [5.41, 5.74) is 4.57. The lowest BCUT2D eigenvalue weighted by molar-refractivity contribution is 0.122. The van der Waals surface area contributed by atoms with E-state index >= 15 is 0 Å². The van der Waals surface area contributed by atoms with Crippen LogP contribution in [-0.2, 0) is 4.74 Å². The van der Waals surface area contributed by atoms with Gasteiger partial charge in [0.15, 0.2) is 0 Å². The molecular formula is C28H38N6O. The van der Waals surface area contributed by atoms with Crippen LogP contribution in [0.25, 0.3) is 11.3 Å². The Kier molecular flexibility index (Phi) is 8.53. The number of nitrogens with zero attached hydrogens (tertiary/aromatic N) is 5. The molecule has 0 spiro atoms. The molecule has 3 heterocycles. The maximum Gasteiger partial charge on any atom is 0.228 e. The van der Waals surface area contributed by atoms with E-state index in [0.717, 1.165) is 68.0 Å². The van der Waals surface area contributed by atoms with Gasteiger partial charge in [-0.25, -0.2) is 9.97 Å².